The number of rotatable bonds is 3. The van der Waals surface area contributed by atoms with Gasteiger partial charge in [-0.1, -0.05) is 5.16 Å². The highest BCUT2D eigenvalue weighted by atomic mass is 19.1. The van der Waals surface area contributed by atoms with Gasteiger partial charge in [0.2, 0.25) is 5.89 Å². The average molecular weight is 235 g/mol. The third-order valence-electron chi connectivity index (χ3n) is 2.03. The van der Waals surface area contributed by atoms with E-state index in [0.717, 1.165) is 6.07 Å². The standard InChI is InChI=1S/C11H7F2N3O/c12-8-3-7(4-9(13)6-8)5-10-15-11(1-2-14)17-16-10/h3-4,6H,1,5H2. The molecule has 0 spiro atoms. The smallest absolute Gasteiger partial charge is 0.240 e. The minimum atomic E-state index is -0.652. The first-order chi connectivity index (χ1) is 8.17. The van der Waals surface area contributed by atoms with Crippen molar-refractivity contribution < 1.29 is 13.3 Å². The molecule has 1 aromatic carbocycles. The minimum absolute atomic E-state index is 0.0184. The summed E-state index contributed by atoms with van der Waals surface area (Å²) in [5.41, 5.74) is 0.409. The van der Waals surface area contributed by atoms with Crippen molar-refractivity contribution in [2.24, 2.45) is 0 Å². The molecule has 0 fully saturated rings. The fourth-order valence-corrected chi connectivity index (χ4v) is 1.40. The van der Waals surface area contributed by atoms with E-state index in [1.54, 1.807) is 0 Å². The first-order valence-electron chi connectivity index (χ1n) is 4.81. The summed E-state index contributed by atoms with van der Waals surface area (Å²) in [4.78, 5) is 3.91. The predicted molar refractivity (Wildman–Crippen MR) is 52.8 cm³/mol. The van der Waals surface area contributed by atoms with Crippen molar-refractivity contribution in [1.82, 2.24) is 10.1 Å². The van der Waals surface area contributed by atoms with Crippen molar-refractivity contribution in [1.29, 1.82) is 5.26 Å². The number of hydrogen-bond donors (Lipinski definition) is 0. The molecule has 2 aromatic rings. The van der Waals surface area contributed by atoms with Gasteiger partial charge in [0.1, 0.15) is 18.1 Å². The van der Waals surface area contributed by atoms with E-state index in [4.69, 9.17) is 9.78 Å². The molecular weight excluding hydrogens is 228 g/mol. The van der Waals surface area contributed by atoms with E-state index in [2.05, 4.69) is 10.1 Å². The van der Waals surface area contributed by atoms with Gasteiger partial charge in [0.25, 0.3) is 0 Å². The Morgan fingerprint density at radius 2 is 1.94 bits per heavy atom. The maximum atomic E-state index is 12.9. The van der Waals surface area contributed by atoms with Gasteiger partial charge in [0.15, 0.2) is 5.82 Å². The van der Waals surface area contributed by atoms with Gasteiger partial charge in [0, 0.05) is 12.5 Å². The number of aromatic nitrogens is 2. The maximum Gasteiger partial charge on any atom is 0.240 e. The second kappa shape index (κ2) is 4.70. The summed E-state index contributed by atoms with van der Waals surface area (Å²) in [7, 11) is 0. The number of benzene rings is 1. The molecule has 0 amide bonds. The first kappa shape index (κ1) is 11.2. The molecule has 0 aliphatic heterocycles. The van der Waals surface area contributed by atoms with E-state index in [-0.39, 0.29) is 18.7 Å². The lowest BCUT2D eigenvalue weighted by molar-refractivity contribution is 0.382. The molecule has 0 saturated heterocycles. The van der Waals surface area contributed by atoms with Crippen molar-refractivity contribution >= 4 is 0 Å². The molecule has 1 aromatic heterocycles. The van der Waals surface area contributed by atoms with Gasteiger partial charge in [-0.25, -0.2) is 8.78 Å². The molecule has 0 unspecified atom stereocenters. The summed E-state index contributed by atoms with van der Waals surface area (Å²) >= 11 is 0. The van der Waals surface area contributed by atoms with E-state index in [9.17, 15) is 8.78 Å². The molecule has 0 bridgehead atoms. The monoisotopic (exact) mass is 235 g/mol. The summed E-state index contributed by atoms with van der Waals surface area (Å²) in [6.45, 7) is 0. The van der Waals surface area contributed by atoms with Crippen LogP contribution in [-0.2, 0) is 12.8 Å². The highest BCUT2D eigenvalue weighted by molar-refractivity contribution is 5.21. The SMILES string of the molecule is N#CCc1nc(Cc2cc(F)cc(F)c2)no1. The number of halogens is 2. The molecule has 0 N–H and O–H groups in total. The van der Waals surface area contributed by atoms with Crippen molar-refractivity contribution in [2.45, 2.75) is 12.8 Å². The summed E-state index contributed by atoms with van der Waals surface area (Å²) in [5, 5.41) is 12.0. The van der Waals surface area contributed by atoms with Crippen LogP contribution in [0.3, 0.4) is 0 Å². The van der Waals surface area contributed by atoms with Crippen LogP contribution in [0.15, 0.2) is 22.7 Å². The second-order valence-electron chi connectivity index (χ2n) is 3.39. The van der Waals surface area contributed by atoms with Crippen LogP contribution in [0.25, 0.3) is 0 Å². The van der Waals surface area contributed by atoms with Gasteiger partial charge in [-0.15, -0.1) is 0 Å². The van der Waals surface area contributed by atoms with E-state index < -0.39 is 11.6 Å². The molecule has 0 radical (unpaired) electrons. The van der Waals surface area contributed by atoms with Gasteiger partial charge in [-0.3, -0.25) is 0 Å². The van der Waals surface area contributed by atoms with Crippen molar-refractivity contribution in [3.63, 3.8) is 0 Å². The van der Waals surface area contributed by atoms with Crippen LogP contribution in [0.1, 0.15) is 17.3 Å². The Morgan fingerprint density at radius 1 is 1.24 bits per heavy atom. The fourth-order valence-electron chi connectivity index (χ4n) is 1.40. The summed E-state index contributed by atoms with van der Waals surface area (Å²) in [5.74, 6) is -0.818. The zero-order valence-electron chi connectivity index (χ0n) is 8.65. The number of nitriles is 1. The molecule has 0 aliphatic rings. The van der Waals surface area contributed by atoms with Crippen LogP contribution in [0.5, 0.6) is 0 Å². The molecule has 86 valence electrons. The molecule has 6 heteroatoms. The van der Waals surface area contributed by atoms with Crippen LogP contribution in [0.2, 0.25) is 0 Å². The average Bonchev–Trinajstić information content (AvgIpc) is 2.64. The Balaban J connectivity index is 2.17. The topological polar surface area (TPSA) is 62.7 Å². The molecular formula is C11H7F2N3O. The summed E-state index contributed by atoms with van der Waals surface area (Å²) in [6, 6.07) is 5.05. The van der Waals surface area contributed by atoms with E-state index in [0.29, 0.717) is 11.4 Å². The maximum absolute atomic E-state index is 12.9. The van der Waals surface area contributed by atoms with Crippen molar-refractivity contribution in [3.05, 3.63) is 47.1 Å². The van der Waals surface area contributed by atoms with Crippen LogP contribution >= 0.6 is 0 Å². The Kier molecular flexibility index (Phi) is 3.10. The quantitative estimate of drug-likeness (QED) is 0.816. The molecule has 1 heterocycles. The largest absolute Gasteiger partial charge is 0.338 e. The number of nitrogens with zero attached hydrogens (tertiary/aromatic N) is 3. The van der Waals surface area contributed by atoms with Gasteiger partial charge in [-0.2, -0.15) is 10.2 Å². The van der Waals surface area contributed by atoms with Crippen LogP contribution in [0, 0.1) is 23.0 Å². The van der Waals surface area contributed by atoms with E-state index >= 15 is 0 Å². The lowest BCUT2D eigenvalue weighted by Gasteiger charge is -1.97. The van der Waals surface area contributed by atoms with Crippen LogP contribution < -0.4 is 0 Å². The molecule has 17 heavy (non-hydrogen) atoms. The predicted octanol–water partition coefficient (Wildman–Crippen LogP) is 2.00. The lowest BCUT2D eigenvalue weighted by Crippen LogP contribution is -1.93. The van der Waals surface area contributed by atoms with Crippen molar-refractivity contribution in [2.75, 3.05) is 0 Å². The minimum Gasteiger partial charge on any atom is -0.338 e. The van der Waals surface area contributed by atoms with Gasteiger partial charge < -0.3 is 4.52 Å². The highest BCUT2D eigenvalue weighted by Gasteiger charge is 2.08. The van der Waals surface area contributed by atoms with E-state index in [1.807, 2.05) is 6.07 Å². The Labute approximate surface area is 95.5 Å². The number of hydrogen-bond acceptors (Lipinski definition) is 4. The highest BCUT2D eigenvalue weighted by Crippen LogP contribution is 2.11. The van der Waals surface area contributed by atoms with Gasteiger partial charge >= 0.3 is 0 Å². The summed E-state index contributed by atoms with van der Waals surface area (Å²) < 4.78 is 30.6. The zero-order valence-corrected chi connectivity index (χ0v) is 8.65. The molecule has 0 aliphatic carbocycles. The van der Waals surface area contributed by atoms with Gasteiger partial charge in [-0.05, 0) is 17.7 Å². The second-order valence-corrected chi connectivity index (χ2v) is 3.39. The molecule has 0 atom stereocenters. The molecule has 2 rings (SSSR count). The Morgan fingerprint density at radius 3 is 2.59 bits per heavy atom. The third kappa shape index (κ3) is 2.84. The summed E-state index contributed by atoms with van der Waals surface area (Å²) in [6.07, 6.45) is 0.175. The van der Waals surface area contributed by atoms with Crippen molar-refractivity contribution in [3.8, 4) is 6.07 Å². The Bertz CT molecular complexity index is 554. The molecule has 4 nitrogen and oxygen atoms in total. The van der Waals surface area contributed by atoms with E-state index in [1.165, 1.54) is 12.1 Å². The molecule has 0 saturated carbocycles. The van der Waals surface area contributed by atoms with Gasteiger partial charge in [0.05, 0.1) is 6.07 Å². The zero-order chi connectivity index (χ0) is 12.3. The third-order valence-corrected chi connectivity index (χ3v) is 2.03. The lowest BCUT2D eigenvalue weighted by atomic mass is 10.1. The normalized spacial score (nSPS) is 10.2. The Hall–Kier alpha value is -2.29. The fraction of sp³-hybridized carbons (Fsp3) is 0.182. The van der Waals surface area contributed by atoms with Crippen LogP contribution in [0.4, 0.5) is 8.78 Å². The van der Waals surface area contributed by atoms with Crippen LogP contribution in [-0.4, -0.2) is 10.1 Å². The first-order valence-corrected chi connectivity index (χ1v) is 4.81.